The standard InChI is InChI=1S/C14H17N5O/c1-10-3-5-12(6-4-10)19(16)9-13(15)11-7-17-14(20-2)18-8-11/h3-9H,15-16H2,1-2H3/b13-9-. The second-order valence-corrected chi connectivity index (χ2v) is 4.29. The van der Waals surface area contributed by atoms with Crippen molar-refractivity contribution in [1.82, 2.24) is 9.97 Å². The van der Waals surface area contributed by atoms with Crippen molar-refractivity contribution in [2.75, 3.05) is 12.1 Å². The number of methoxy groups -OCH3 is 1. The van der Waals surface area contributed by atoms with Gasteiger partial charge in [-0.25, -0.2) is 15.8 Å². The van der Waals surface area contributed by atoms with Gasteiger partial charge in [-0.3, -0.25) is 5.01 Å². The fourth-order valence-corrected chi connectivity index (χ4v) is 1.59. The zero-order valence-electron chi connectivity index (χ0n) is 11.4. The lowest BCUT2D eigenvalue weighted by atomic mass is 10.2. The van der Waals surface area contributed by atoms with Crippen LogP contribution in [0.3, 0.4) is 0 Å². The molecule has 2 rings (SSSR count). The van der Waals surface area contributed by atoms with Crippen LogP contribution >= 0.6 is 0 Å². The van der Waals surface area contributed by atoms with Crippen molar-refractivity contribution in [3.63, 3.8) is 0 Å². The van der Waals surface area contributed by atoms with Crippen LogP contribution < -0.4 is 21.3 Å². The summed E-state index contributed by atoms with van der Waals surface area (Å²) in [5, 5.41) is 1.46. The minimum atomic E-state index is 0.296. The molecule has 0 aliphatic carbocycles. The molecule has 0 atom stereocenters. The highest BCUT2D eigenvalue weighted by Crippen LogP contribution is 2.15. The van der Waals surface area contributed by atoms with Crippen molar-refractivity contribution >= 4 is 11.4 Å². The van der Waals surface area contributed by atoms with Gasteiger partial charge in [0, 0.05) is 24.2 Å². The van der Waals surface area contributed by atoms with Gasteiger partial charge in [-0.15, -0.1) is 0 Å². The number of benzene rings is 1. The van der Waals surface area contributed by atoms with E-state index in [1.807, 2.05) is 31.2 Å². The normalized spacial score (nSPS) is 11.2. The fraction of sp³-hybridized carbons (Fsp3) is 0.143. The predicted molar refractivity (Wildman–Crippen MR) is 78.6 cm³/mol. The van der Waals surface area contributed by atoms with Gasteiger partial charge in [0.2, 0.25) is 0 Å². The molecule has 104 valence electrons. The molecule has 1 aromatic heterocycles. The average molecular weight is 271 g/mol. The van der Waals surface area contributed by atoms with Crippen molar-refractivity contribution in [2.24, 2.45) is 11.6 Å². The van der Waals surface area contributed by atoms with Gasteiger partial charge >= 0.3 is 6.01 Å². The van der Waals surface area contributed by atoms with Crippen LogP contribution in [0.2, 0.25) is 0 Å². The Kier molecular flexibility index (Phi) is 4.17. The maximum absolute atomic E-state index is 5.97. The topological polar surface area (TPSA) is 90.3 Å². The second-order valence-electron chi connectivity index (χ2n) is 4.29. The van der Waals surface area contributed by atoms with E-state index in [9.17, 15) is 0 Å². The van der Waals surface area contributed by atoms with Crippen LogP contribution in [-0.2, 0) is 0 Å². The third-order valence-electron chi connectivity index (χ3n) is 2.75. The Bertz CT molecular complexity index is 592. The van der Waals surface area contributed by atoms with Crippen molar-refractivity contribution in [2.45, 2.75) is 6.92 Å². The van der Waals surface area contributed by atoms with E-state index in [2.05, 4.69) is 9.97 Å². The summed E-state index contributed by atoms with van der Waals surface area (Å²) >= 11 is 0. The van der Waals surface area contributed by atoms with Gasteiger partial charge in [0.1, 0.15) is 0 Å². The quantitative estimate of drug-likeness (QED) is 0.646. The zero-order chi connectivity index (χ0) is 14.5. The highest BCUT2D eigenvalue weighted by Gasteiger charge is 2.03. The summed E-state index contributed by atoms with van der Waals surface area (Å²) in [6.45, 7) is 2.02. The van der Waals surface area contributed by atoms with E-state index in [-0.39, 0.29) is 0 Å². The number of aromatic nitrogens is 2. The predicted octanol–water partition coefficient (Wildman–Crippen LogP) is 1.43. The molecule has 2 aromatic rings. The molecule has 1 aromatic carbocycles. The first-order valence-corrected chi connectivity index (χ1v) is 6.04. The lowest BCUT2D eigenvalue weighted by Gasteiger charge is -2.15. The third-order valence-corrected chi connectivity index (χ3v) is 2.75. The van der Waals surface area contributed by atoms with Crippen molar-refractivity contribution < 1.29 is 4.74 Å². The Hall–Kier alpha value is -2.60. The van der Waals surface area contributed by atoms with Crippen LogP contribution in [0.1, 0.15) is 11.1 Å². The molecule has 0 aliphatic rings. The Labute approximate surface area is 117 Å². The van der Waals surface area contributed by atoms with E-state index in [1.54, 1.807) is 18.6 Å². The van der Waals surface area contributed by atoms with E-state index in [4.69, 9.17) is 16.3 Å². The first kappa shape index (κ1) is 13.8. The van der Waals surface area contributed by atoms with Crippen molar-refractivity contribution in [1.29, 1.82) is 0 Å². The van der Waals surface area contributed by atoms with Gasteiger partial charge in [0.05, 0.1) is 18.5 Å². The summed E-state index contributed by atoms with van der Waals surface area (Å²) in [4.78, 5) is 7.99. The molecule has 6 heteroatoms. The monoisotopic (exact) mass is 271 g/mol. The molecule has 1 heterocycles. The molecular weight excluding hydrogens is 254 g/mol. The van der Waals surface area contributed by atoms with Crippen LogP contribution in [0.4, 0.5) is 5.69 Å². The molecule has 0 amide bonds. The highest BCUT2D eigenvalue weighted by molar-refractivity contribution is 5.65. The molecule has 20 heavy (non-hydrogen) atoms. The van der Waals surface area contributed by atoms with Gasteiger partial charge in [0.25, 0.3) is 0 Å². The van der Waals surface area contributed by atoms with Gasteiger partial charge in [-0.05, 0) is 19.1 Å². The summed E-state index contributed by atoms with van der Waals surface area (Å²) in [5.74, 6) is 5.95. The first-order valence-electron chi connectivity index (χ1n) is 6.04. The van der Waals surface area contributed by atoms with Crippen molar-refractivity contribution in [3.8, 4) is 6.01 Å². The Morgan fingerprint density at radius 3 is 2.35 bits per heavy atom. The number of aryl methyl sites for hydroxylation is 1. The second kappa shape index (κ2) is 6.03. The van der Waals surface area contributed by atoms with Crippen LogP contribution in [0.25, 0.3) is 5.70 Å². The Morgan fingerprint density at radius 1 is 1.20 bits per heavy atom. The van der Waals surface area contributed by atoms with Crippen molar-refractivity contribution in [3.05, 3.63) is 54.0 Å². The minimum Gasteiger partial charge on any atom is -0.467 e. The number of ether oxygens (including phenoxy) is 1. The molecule has 0 radical (unpaired) electrons. The average Bonchev–Trinajstić information content (AvgIpc) is 2.48. The number of anilines is 1. The van der Waals surface area contributed by atoms with Gasteiger partial charge < -0.3 is 10.5 Å². The maximum atomic E-state index is 5.97. The Balaban J connectivity index is 2.17. The molecule has 4 N–H and O–H groups in total. The third kappa shape index (κ3) is 3.24. The van der Waals surface area contributed by atoms with E-state index in [0.29, 0.717) is 17.3 Å². The van der Waals surface area contributed by atoms with Crippen LogP contribution in [0, 0.1) is 6.92 Å². The summed E-state index contributed by atoms with van der Waals surface area (Å²) in [6, 6.07) is 8.10. The minimum absolute atomic E-state index is 0.296. The smallest absolute Gasteiger partial charge is 0.316 e. The largest absolute Gasteiger partial charge is 0.467 e. The van der Waals surface area contributed by atoms with E-state index in [1.165, 1.54) is 17.7 Å². The summed E-state index contributed by atoms with van der Waals surface area (Å²) in [7, 11) is 1.51. The molecular formula is C14H17N5O. The first-order chi connectivity index (χ1) is 9.60. The number of nitrogens with two attached hydrogens (primary N) is 2. The number of hydrazine groups is 1. The molecule has 0 saturated carbocycles. The Morgan fingerprint density at radius 2 is 1.80 bits per heavy atom. The molecule has 0 saturated heterocycles. The SMILES string of the molecule is COc1ncc(/C(N)=C/N(N)c2ccc(C)cc2)cn1. The molecule has 0 bridgehead atoms. The molecule has 0 fully saturated rings. The summed E-state index contributed by atoms with van der Waals surface area (Å²) in [5.41, 5.74) is 9.13. The molecule has 0 aliphatic heterocycles. The molecule has 6 nitrogen and oxygen atoms in total. The highest BCUT2D eigenvalue weighted by atomic mass is 16.5. The van der Waals surface area contributed by atoms with Crippen LogP contribution in [0.15, 0.2) is 42.9 Å². The summed E-state index contributed by atoms with van der Waals surface area (Å²) < 4.78 is 4.89. The van der Waals surface area contributed by atoms with Gasteiger partial charge in [0.15, 0.2) is 0 Å². The van der Waals surface area contributed by atoms with Gasteiger partial charge in [-0.2, -0.15) is 0 Å². The van der Waals surface area contributed by atoms with E-state index in [0.717, 1.165) is 5.69 Å². The summed E-state index contributed by atoms with van der Waals surface area (Å²) in [6.07, 6.45) is 4.79. The number of rotatable bonds is 4. The van der Waals surface area contributed by atoms with Gasteiger partial charge in [-0.1, -0.05) is 17.7 Å². The zero-order valence-corrected chi connectivity index (χ0v) is 11.4. The lowest BCUT2D eigenvalue weighted by Crippen LogP contribution is -2.25. The fourth-order valence-electron chi connectivity index (χ4n) is 1.59. The number of nitrogens with zero attached hydrogens (tertiary/aromatic N) is 3. The van der Waals surface area contributed by atoms with E-state index < -0.39 is 0 Å². The van der Waals surface area contributed by atoms with E-state index >= 15 is 0 Å². The maximum Gasteiger partial charge on any atom is 0.316 e. The number of hydrogen-bond donors (Lipinski definition) is 2. The molecule has 0 unspecified atom stereocenters. The lowest BCUT2D eigenvalue weighted by molar-refractivity contribution is 0.379. The molecule has 0 spiro atoms. The van der Waals surface area contributed by atoms with Crippen LogP contribution in [0.5, 0.6) is 6.01 Å². The number of hydrogen-bond acceptors (Lipinski definition) is 6. The van der Waals surface area contributed by atoms with Crippen LogP contribution in [-0.4, -0.2) is 17.1 Å².